The van der Waals surface area contributed by atoms with E-state index in [-0.39, 0.29) is 23.7 Å². The molecule has 1 unspecified atom stereocenters. The van der Waals surface area contributed by atoms with Crippen molar-refractivity contribution in [3.05, 3.63) is 60.4 Å². The number of methoxy groups -OCH3 is 1. The van der Waals surface area contributed by atoms with Crippen molar-refractivity contribution in [1.82, 2.24) is 15.3 Å². The van der Waals surface area contributed by atoms with Crippen molar-refractivity contribution in [3.63, 3.8) is 0 Å². The van der Waals surface area contributed by atoms with E-state index in [2.05, 4.69) is 25.9 Å². The maximum atomic E-state index is 12.4. The molecule has 1 amide bonds. The summed E-state index contributed by atoms with van der Waals surface area (Å²) < 4.78 is 5.18. The summed E-state index contributed by atoms with van der Waals surface area (Å²) in [5, 5.41) is 19.4. The van der Waals surface area contributed by atoms with Crippen LogP contribution in [0, 0.1) is 0 Å². The van der Waals surface area contributed by atoms with Crippen molar-refractivity contribution in [2.45, 2.75) is 31.8 Å². The highest BCUT2D eigenvalue weighted by Gasteiger charge is 2.22. The van der Waals surface area contributed by atoms with Crippen LogP contribution in [0.2, 0.25) is 0 Å². The molecule has 2 aromatic carbocycles. The number of nitrogens with one attached hydrogen (secondary N) is 3. The van der Waals surface area contributed by atoms with Crippen molar-refractivity contribution in [3.8, 4) is 22.8 Å². The Morgan fingerprint density at radius 1 is 1.25 bits per heavy atom. The summed E-state index contributed by atoms with van der Waals surface area (Å²) >= 11 is 0. The first kappa shape index (κ1) is 21.6. The van der Waals surface area contributed by atoms with Gasteiger partial charge < -0.3 is 25.8 Å². The fourth-order valence-corrected chi connectivity index (χ4v) is 3.74. The van der Waals surface area contributed by atoms with Gasteiger partial charge in [0.2, 0.25) is 5.91 Å². The van der Waals surface area contributed by atoms with Crippen LogP contribution < -0.4 is 20.7 Å². The third-order valence-electron chi connectivity index (χ3n) is 5.51. The molecule has 1 saturated heterocycles. The summed E-state index contributed by atoms with van der Waals surface area (Å²) in [5.74, 6) is 1.07. The smallest absolute Gasteiger partial charge is 0.241 e. The maximum absolute atomic E-state index is 12.4. The first-order chi connectivity index (χ1) is 15.5. The minimum absolute atomic E-state index is 0.00292. The van der Waals surface area contributed by atoms with Crippen LogP contribution in [0.5, 0.6) is 11.5 Å². The summed E-state index contributed by atoms with van der Waals surface area (Å²) in [7, 11) is 1.50. The van der Waals surface area contributed by atoms with Crippen LogP contribution in [0.1, 0.15) is 31.4 Å². The van der Waals surface area contributed by atoms with Crippen LogP contribution in [0.25, 0.3) is 11.3 Å². The van der Waals surface area contributed by atoms with Crippen molar-refractivity contribution < 1.29 is 14.6 Å². The van der Waals surface area contributed by atoms with Gasteiger partial charge in [0.25, 0.3) is 0 Å². The van der Waals surface area contributed by atoms with E-state index in [0.717, 1.165) is 36.2 Å². The van der Waals surface area contributed by atoms with Crippen LogP contribution in [0.15, 0.2) is 54.9 Å². The number of carbonyl (C=O) groups is 1. The number of ether oxygens (including phenoxy) is 1. The molecule has 1 aliphatic heterocycles. The molecular weight excluding hydrogens is 406 g/mol. The van der Waals surface area contributed by atoms with E-state index in [1.54, 1.807) is 30.6 Å². The molecule has 4 rings (SSSR count). The lowest BCUT2D eigenvalue weighted by Gasteiger charge is -2.17. The number of phenolic OH excluding ortho intramolecular Hbond substituents is 1. The molecular formula is C24H27N5O3. The van der Waals surface area contributed by atoms with Gasteiger partial charge in [0.05, 0.1) is 37.3 Å². The summed E-state index contributed by atoms with van der Waals surface area (Å²) in [6, 6.07) is 12.7. The largest absolute Gasteiger partial charge is 0.504 e. The monoisotopic (exact) mass is 433 g/mol. The zero-order valence-electron chi connectivity index (χ0n) is 18.1. The third kappa shape index (κ3) is 4.97. The number of benzene rings is 2. The van der Waals surface area contributed by atoms with E-state index in [1.165, 1.54) is 7.11 Å². The molecule has 3 aromatic rings. The molecule has 0 spiro atoms. The van der Waals surface area contributed by atoms with Gasteiger partial charge in [-0.3, -0.25) is 9.78 Å². The van der Waals surface area contributed by atoms with Gasteiger partial charge >= 0.3 is 0 Å². The Hall–Kier alpha value is -3.65. The number of aromatic hydroxyl groups is 1. The predicted octanol–water partition coefficient (Wildman–Crippen LogP) is 3.72. The Labute approximate surface area is 187 Å². The highest BCUT2D eigenvalue weighted by molar-refractivity contribution is 5.95. The second-order valence-corrected chi connectivity index (χ2v) is 7.81. The first-order valence-electron chi connectivity index (χ1n) is 10.6. The maximum Gasteiger partial charge on any atom is 0.241 e. The molecule has 0 radical (unpaired) electrons. The summed E-state index contributed by atoms with van der Waals surface area (Å²) in [6.45, 7) is 2.91. The molecule has 166 valence electrons. The molecule has 8 nitrogen and oxygen atoms in total. The lowest BCUT2D eigenvalue weighted by atomic mass is 10.1. The van der Waals surface area contributed by atoms with Crippen LogP contribution >= 0.6 is 0 Å². The quantitative estimate of drug-likeness (QED) is 0.450. The molecule has 1 aromatic heterocycles. The highest BCUT2D eigenvalue weighted by Crippen LogP contribution is 2.31. The zero-order chi connectivity index (χ0) is 22.5. The Balaban J connectivity index is 1.46. The van der Waals surface area contributed by atoms with E-state index in [9.17, 15) is 9.90 Å². The summed E-state index contributed by atoms with van der Waals surface area (Å²) in [5.41, 5.74) is 3.23. The fourth-order valence-electron chi connectivity index (χ4n) is 3.74. The van der Waals surface area contributed by atoms with Crippen LogP contribution in [-0.2, 0) is 4.79 Å². The van der Waals surface area contributed by atoms with Crippen LogP contribution in [-0.4, -0.2) is 40.7 Å². The molecule has 2 heterocycles. The summed E-state index contributed by atoms with van der Waals surface area (Å²) in [4.78, 5) is 21.3. The molecule has 4 N–H and O–H groups in total. The zero-order valence-corrected chi connectivity index (χ0v) is 18.1. The van der Waals surface area contributed by atoms with E-state index in [4.69, 9.17) is 4.74 Å². The molecule has 0 bridgehead atoms. The fraction of sp³-hybridized carbons (Fsp3) is 0.292. The third-order valence-corrected chi connectivity index (χ3v) is 5.51. The minimum Gasteiger partial charge on any atom is -0.504 e. The second kappa shape index (κ2) is 9.65. The Bertz CT molecular complexity index is 1100. The van der Waals surface area contributed by atoms with Gasteiger partial charge in [0.1, 0.15) is 5.82 Å². The number of carbonyl (C=O) groups excluding carboxylic acids is 1. The number of rotatable bonds is 7. The Kier molecular flexibility index (Phi) is 6.51. The van der Waals surface area contributed by atoms with Crippen molar-refractivity contribution in [2.75, 3.05) is 24.3 Å². The van der Waals surface area contributed by atoms with Gasteiger partial charge in [-0.1, -0.05) is 12.1 Å². The molecule has 8 heteroatoms. The normalized spacial score (nSPS) is 16.4. The van der Waals surface area contributed by atoms with Crippen LogP contribution in [0.4, 0.5) is 11.5 Å². The van der Waals surface area contributed by atoms with Gasteiger partial charge in [-0.25, -0.2) is 4.98 Å². The van der Waals surface area contributed by atoms with E-state index < -0.39 is 0 Å². The lowest BCUT2D eigenvalue weighted by molar-refractivity contribution is -0.117. The SMILES string of the molecule is COc1cc(-c2cncc(N[C@H](C)c3cccc(NC(=O)C4CCCN4)c3)n2)ccc1O. The van der Waals surface area contributed by atoms with Crippen LogP contribution in [0.3, 0.4) is 0 Å². The second-order valence-electron chi connectivity index (χ2n) is 7.81. The topological polar surface area (TPSA) is 108 Å². The van der Waals surface area contributed by atoms with Gasteiger partial charge in [-0.2, -0.15) is 0 Å². The average Bonchev–Trinajstić information content (AvgIpc) is 3.35. The number of amides is 1. The van der Waals surface area contributed by atoms with Crippen molar-refractivity contribution >= 4 is 17.4 Å². The Morgan fingerprint density at radius 2 is 2.12 bits per heavy atom. The van der Waals surface area contributed by atoms with Gasteiger partial charge in [0.15, 0.2) is 11.5 Å². The predicted molar refractivity (Wildman–Crippen MR) is 124 cm³/mol. The number of anilines is 2. The molecule has 32 heavy (non-hydrogen) atoms. The molecule has 2 atom stereocenters. The standard InChI is InChI=1S/C24H27N5O3/c1-15(16-5-3-6-18(11-16)28-24(31)19-7-4-10-26-19)27-23-14-25-13-20(29-23)17-8-9-21(30)22(12-17)32-2/h3,5-6,8-9,11-15,19,26,30H,4,7,10H2,1-2H3,(H,27,29)(H,28,31)/t15-,19?/m1/s1. The Morgan fingerprint density at radius 3 is 2.91 bits per heavy atom. The average molecular weight is 434 g/mol. The van der Waals surface area contributed by atoms with E-state index >= 15 is 0 Å². The molecule has 0 saturated carbocycles. The van der Waals surface area contributed by atoms with Crippen molar-refractivity contribution in [2.24, 2.45) is 0 Å². The number of hydrogen-bond acceptors (Lipinski definition) is 7. The number of nitrogens with zero attached hydrogens (tertiary/aromatic N) is 2. The number of hydrogen-bond donors (Lipinski definition) is 4. The number of phenols is 1. The highest BCUT2D eigenvalue weighted by atomic mass is 16.5. The van der Waals surface area contributed by atoms with Crippen molar-refractivity contribution in [1.29, 1.82) is 0 Å². The number of aromatic nitrogens is 2. The van der Waals surface area contributed by atoms with Gasteiger partial charge in [-0.05, 0) is 62.2 Å². The minimum atomic E-state index is -0.120. The molecule has 1 fully saturated rings. The summed E-state index contributed by atoms with van der Waals surface area (Å²) in [6.07, 6.45) is 5.21. The lowest BCUT2D eigenvalue weighted by Crippen LogP contribution is -2.35. The van der Waals surface area contributed by atoms with E-state index in [1.807, 2.05) is 31.2 Å². The molecule has 1 aliphatic rings. The first-order valence-corrected chi connectivity index (χ1v) is 10.6. The van der Waals surface area contributed by atoms with E-state index in [0.29, 0.717) is 17.3 Å². The van der Waals surface area contributed by atoms with Gasteiger partial charge in [0, 0.05) is 11.3 Å². The molecule has 0 aliphatic carbocycles. The van der Waals surface area contributed by atoms with Gasteiger partial charge in [-0.15, -0.1) is 0 Å².